The number of nitrogens with zero attached hydrogens (tertiary/aromatic N) is 2. The summed E-state index contributed by atoms with van der Waals surface area (Å²) in [6, 6.07) is 35.5. The first-order valence-electron chi connectivity index (χ1n) is 14.8. The highest BCUT2D eigenvalue weighted by atomic mass is 15.0. The topological polar surface area (TPSA) is 9.86 Å². The van der Waals surface area contributed by atoms with Crippen LogP contribution in [0.4, 0.5) is 0 Å². The van der Waals surface area contributed by atoms with E-state index in [1.807, 2.05) is 0 Å². The molecule has 0 aliphatic carbocycles. The molecule has 0 amide bonds. The van der Waals surface area contributed by atoms with Gasteiger partial charge in [-0.1, -0.05) is 124 Å². The van der Waals surface area contributed by atoms with Gasteiger partial charge in [-0.15, -0.1) is 0 Å². The molecule has 0 aliphatic heterocycles. The summed E-state index contributed by atoms with van der Waals surface area (Å²) in [4.78, 5) is 0. The van der Waals surface area contributed by atoms with Crippen LogP contribution in [0.2, 0.25) is 0 Å². The van der Waals surface area contributed by atoms with Crippen molar-refractivity contribution in [2.45, 2.75) is 77.3 Å². The molecule has 0 unspecified atom stereocenters. The summed E-state index contributed by atoms with van der Waals surface area (Å²) < 4.78 is 5.06. The van der Waals surface area contributed by atoms with Crippen molar-refractivity contribution in [3.05, 3.63) is 97.1 Å². The van der Waals surface area contributed by atoms with E-state index in [1.165, 1.54) is 108 Å². The Bertz CT molecular complexity index is 1400. The smallest absolute Gasteiger partial charge is 0.0491 e. The van der Waals surface area contributed by atoms with Gasteiger partial charge in [0.25, 0.3) is 0 Å². The number of para-hydroxylation sites is 4. The molecule has 6 rings (SSSR count). The Kier molecular flexibility index (Phi) is 7.77. The third-order valence-electron chi connectivity index (χ3n) is 8.37. The molecule has 0 fully saturated rings. The van der Waals surface area contributed by atoms with Gasteiger partial charge in [-0.05, 0) is 37.1 Å². The summed E-state index contributed by atoms with van der Waals surface area (Å²) in [6.07, 6.45) is 13.5. The van der Waals surface area contributed by atoms with Gasteiger partial charge in [0.05, 0.1) is 0 Å². The van der Waals surface area contributed by atoms with Gasteiger partial charge >= 0.3 is 0 Å². The quantitative estimate of drug-likeness (QED) is 0.140. The second-order valence-electron chi connectivity index (χ2n) is 10.9. The van der Waals surface area contributed by atoms with Crippen LogP contribution >= 0.6 is 0 Å². The van der Waals surface area contributed by atoms with Crippen molar-refractivity contribution in [2.24, 2.45) is 0 Å². The van der Waals surface area contributed by atoms with Crippen LogP contribution in [0.25, 0.3) is 43.6 Å². The van der Waals surface area contributed by atoms with Crippen molar-refractivity contribution in [3.8, 4) is 0 Å². The van der Waals surface area contributed by atoms with Crippen LogP contribution in [0.15, 0.2) is 97.1 Å². The first kappa shape index (κ1) is 24.8. The molecule has 0 radical (unpaired) electrons. The number of unbranched alkanes of at least 4 members (excludes halogenated alkanes) is 9. The third kappa shape index (κ3) is 5.10. The number of rotatable bonds is 13. The zero-order valence-corrected chi connectivity index (χ0v) is 22.6. The minimum absolute atomic E-state index is 1.12. The molecule has 194 valence electrons. The lowest BCUT2D eigenvalue weighted by Gasteiger charge is -2.08. The Morgan fingerprint density at radius 3 is 0.816 bits per heavy atom. The molecular weight excluding hydrogens is 460 g/mol. The normalized spacial score (nSPS) is 11.9. The lowest BCUT2D eigenvalue weighted by molar-refractivity contribution is 0.529. The van der Waals surface area contributed by atoms with E-state index in [4.69, 9.17) is 0 Å². The number of hydrogen-bond acceptors (Lipinski definition) is 0. The van der Waals surface area contributed by atoms with Crippen molar-refractivity contribution >= 4 is 43.6 Å². The number of benzene rings is 4. The molecule has 4 aromatic carbocycles. The standard InChI is InChI=1S/C36H40N2/c1(3-5-7-17-27-37-33-23-13-9-19-29(33)30-20-10-14-24-34(30)37)2-4-6-8-18-28-38-35-25-15-11-21-31(35)32-22-12-16-26-36(32)38/h9-16,19-26H,1-8,17-18,27-28H2. The molecule has 0 saturated carbocycles. The Labute approximate surface area is 226 Å². The van der Waals surface area contributed by atoms with Crippen LogP contribution in [0, 0.1) is 0 Å². The number of aryl methyl sites for hydroxylation is 2. The molecule has 0 aliphatic rings. The Morgan fingerprint density at radius 1 is 0.289 bits per heavy atom. The van der Waals surface area contributed by atoms with Gasteiger partial charge in [-0.2, -0.15) is 0 Å². The van der Waals surface area contributed by atoms with Crippen molar-refractivity contribution in [3.63, 3.8) is 0 Å². The average Bonchev–Trinajstić information content (AvgIpc) is 3.46. The maximum absolute atomic E-state index is 2.53. The summed E-state index contributed by atoms with van der Waals surface area (Å²) in [5, 5.41) is 5.55. The fourth-order valence-corrected chi connectivity index (χ4v) is 6.44. The largest absolute Gasteiger partial charge is 0.340 e. The van der Waals surface area contributed by atoms with Crippen LogP contribution < -0.4 is 0 Å². The summed E-state index contributed by atoms with van der Waals surface area (Å²) >= 11 is 0. The highest BCUT2D eigenvalue weighted by molar-refractivity contribution is 6.08. The fraction of sp³-hybridized carbons (Fsp3) is 0.333. The molecule has 0 atom stereocenters. The molecule has 0 N–H and O–H groups in total. The van der Waals surface area contributed by atoms with Crippen molar-refractivity contribution in [1.29, 1.82) is 0 Å². The van der Waals surface area contributed by atoms with Gasteiger partial charge in [0.15, 0.2) is 0 Å². The molecule has 2 heteroatoms. The molecule has 0 spiro atoms. The Hall–Kier alpha value is -3.52. The van der Waals surface area contributed by atoms with E-state index < -0.39 is 0 Å². The molecule has 2 aromatic heterocycles. The number of hydrogen-bond donors (Lipinski definition) is 0. The van der Waals surface area contributed by atoms with E-state index in [1.54, 1.807) is 0 Å². The Balaban J connectivity index is 0.877. The molecule has 2 heterocycles. The summed E-state index contributed by atoms with van der Waals surface area (Å²) in [6.45, 7) is 2.25. The zero-order valence-electron chi connectivity index (χ0n) is 22.6. The van der Waals surface area contributed by atoms with Gasteiger partial charge in [-0.25, -0.2) is 0 Å². The maximum atomic E-state index is 2.53. The summed E-state index contributed by atoms with van der Waals surface area (Å²) in [5.74, 6) is 0. The highest BCUT2D eigenvalue weighted by Crippen LogP contribution is 2.30. The SMILES string of the molecule is c1ccc2c(c1)c1ccccc1n2CCCCCCCCCCCCn1c2ccccc2c2ccccc21. The van der Waals surface area contributed by atoms with Crippen LogP contribution in [0.1, 0.15) is 64.2 Å². The van der Waals surface area contributed by atoms with Gasteiger partial charge < -0.3 is 9.13 Å². The summed E-state index contributed by atoms with van der Waals surface area (Å²) in [5.41, 5.74) is 5.53. The zero-order chi connectivity index (χ0) is 25.6. The first-order chi connectivity index (χ1) is 18.9. The van der Waals surface area contributed by atoms with Crippen molar-refractivity contribution < 1.29 is 0 Å². The lowest BCUT2D eigenvalue weighted by Crippen LogP contribution is -1.97. The molecule has 2 nitrogen and oxygen atoms in total. The summed E-state index contributed by atoms with van der Waals surface area (Å²) in [7, 11) is 0. The van der Waals surface area contributed by atoms with Crippen LogP contribution in [-0.2, 0) is 13.1 Å². The highest BCUT2D eigenvalue weighted by Gasteiger charge is 2.10. The van der Waals surface area contributed by atoms with Gasteiger partial charge in [0.1, 0.15) is 0 Å². The van der Waals surface area contributed by atoms with Crippen molar-refractivity contribution in [2.75, 3.05) is 0 Å². The van der Waals surface area contributed by atoms with E-state index in [0.717, 1.165) is 13.1 Å². The van der Waals surface area contributed by atoms with E-state index in [2.05, 4.69) is 106 Å². The second-order valence-corrected chi connectivity index (χ2v) is 10.9. The third-order valence-corrected chi connectivity index (χ3v) is 8.37. The van der Waals surface area contributed by atoms with Gasteiger partial charge in [0.2, 0.25) is 0 Å². The second kappa shape index (κ2) is 11.9. The maximum Gasteiger partial charge on any atom is 0.0491 e. The minimum atomic E-state index is 1.12. The number of aromatic nitrogens is 2. The van der Waals surface area contributed by atoms with E-state index >= 15 is 0 Å². The van der Waals surface area contributed by atoms with Crippen LogP contribution in [0.3, 0.4) is 0 Å². The van der Waals surface area contributed by atoms with E-state index in [9.17, 15) is 0 Å². The molecule has 6 aromatic rings. The van der Waals surface area contributed by atoms with E-state index in [-0.39, 0.29) is 0 Å². The fourth-order valence-electron chi connectivity index (χ4n) is 6.44. The molecule has 0 saturated heterocycles. The molecular formula is C36H40N2. The van der Waals surface area contributed by atoms with Crippen LogP contribution in [-0.4, -0.2) is 9.13 Å². The Morgan fingerprint density at radius 2 is 0.526 bits per heavy atom. The van der Waals surface area contributed by atoms with Gasteiger partial charge in [-0.3, -0.25) is 0 Å². The van der Waals surface area contributed by atoms with Crippen LogP contribution in [0.5, 0.6) is 0 Å². The monoisotopic (exact) mass is 500 g/mol. The number of fused-ring (bicyclic) bond motifs is 6. The predicted molar refractivity (Wildman–Crippen MR) is 165 cm³/mol. The predicted octanol–water partition coefficient (Wildman–Crippen LogP) is 10.5. The van der Waals surface area contributed by atoms with E-state index in [0.29, 0.717) is 0 Å². The molecule has 38 heavy (non-hydrogen) atoms. The first-order valence-corrected chi connectivity index (χ1v) is 14.8. The van der Waals surface area contributed by atoms with Crippen molar-refractivity contribution in [1.82, 2.24) is 9.13 Å². The molecule has 0 bridgehead atoms. The minimum Gasteiger partial charge on any atom is -0.340 e. The van der Waals surface area contributed by atoms with Gasteiger partial charge in [0, 0.05) is 56.7 Å². The lowest BCUT2D eigenvalue weighted by atomic mass is 10.1. The average molecular weight is 501 g/mol.